The lowest BCUT2D eigenvalue weighted by molar-refractivity contribution is -0.157. The van der Waals surface area contributed by atoms with E-state index in [9.17, 15) is 9.90 Å². The van der Waals surface area contributed by atoms with Crippen molar-refractivity contribution in [3.05, 3.63) is 54.1 Å². The number of hydrogen-bond donors (Lipinski definition) is 2. The molecule has 0 saturated heterocycles. The SMILES string of the molecule is COC(=O)C(C)(C)C(O)c1ccc(Nc2nc3ccccc3s2)cc1. The molecule has 3 aromatic rings. The van der Waals surface area contributed by atoms with Gasteiger partial charge < -0.3 is 15.2 Å². The molecule has 0 aliphatic carbocycles. The zero-order valence-corrected chi connectivity index (χ0v) is 15.1. The average Bonchev–Trinajstić information content (AvgIpc) is 3.03. The largest absolute Gasteiger partial charge is 0.469 e. The Bertz CT molecular complexity index is 854. The van der Waals surface area contributed by atoms with Crippen LogP contribution in [-0.4, -0.2) is 23.2 Å². The maximum Gasteiger partial charge on any atom is 0.314 e. The summed E-state index contributed by atoms with van der Waals surface area (Å²) in [5.74, 6) is -0.448. The quantitative estimate of drug-likeness (QED) is 0.668. The zero-order valence-electron chi connectivity index (χ0n) is 14.3. The first-order valence-electron chi connectivity index (χ1n) is 7.91. The van der Waals surface area contributed by atoms with Gasteiger partial charge in [0.15, 0.2) is 5.13 Å². The summed E-state index contributed by atoms with van der Waals surface area (Å²) < 4.78 is 5.89. The van der Waals surface area contributed by atoms with Crippen LogP contribution in [0.2, 0.25) is 0 Å². The van der Waals surface area contributed by atoms with E-state index < -0.39 is 17.5 Å². The Morgan fingerprint density at radius 1 is 1.20 bits per heavy atom. The van der Waals surface area contributed by atoms with E-state index >= 15 is 0 Å². The van der Waals surface area contributed by atoms with Crippen LogP contribution in [0.4, 0.5) is 10.8 Å². The van der Waals surface area contributed by atoms with Crippen LogP contribution in [0.15, 0.2) is 48.5 Å². The van der Waals surface area contributed by atoms with Crippen molar-refractivity contribution < 1.29 is 14.6 Å². The molecule has 2 aromatic carbocycles. The first kappa shape index (κ1) is 17.4. The molecule has 0 amide bonds. The Hall–Kier alpha value is -2.44. The molecule has 1 heterocycles. The van der Waals surface area contributed by atoms with Crippen LogP contribution >= 0.6 is 11.3 Å². The molecule has 5 nitrogen and oxygen atoms in total. The third-order valence-corrected chi connectivity index (χ3v) is 5.12. The molecule has 3 rings (SSSR count). The topological polar surface area (TPSA) is 71.5 Å². The number of hydrogen-bond acceptors (Lipinski definition) is 6. The van der Waals surface area contributed by atoms with E-state index in [0.29, 0.717) is 5.56 Å². The second-order valence-electron chi connectivity index (χ2n) is 6.35. The first-order valence-corrected chi connectivity index (χ1v) is 8.72. The van der Waals surface area contributed by atoms with E-state index in [-0.39, 0.29) is 0 Å². The number of nitrogens with one attached hydrogen (secondary N) is 1. The van der Waals surface area contributed by atoms with Crippen molar-refractivity contribution in [2.45, 2.75) is 20.0 Å². The number of methoxy groups -OCH3 is 1. The van der Waals surface area contributed by atoms with Crippen molar-refractivity contribution in [2.24, 2.45) is 5.41 Å². The average molecular weight is 356 g/mol. The maximum absolute atomic E-state index is 11.8. The summed E-state index contributed by atoms with van der Waals surface area (Å²) in [7, 11) is 1.32. The second-order valence-corrected chi connectivity index (χ2v) is 7.38. The van der Waals surface area contributed by atoms with Crippen LogP contribution in [0.25, 0.3) is 10.2 Å². The third kappa shape index (κ3) is 3.50. The van der Waals surface area contributed by atoms with E-state index in [1.165, 1.54) is 7.11 Å². The van der Waals surface area contributed by atoms with E-state index in [2.05, 4.69) is 10.3 Å². The first-order chi connectivity index (χ1) is 11.9. The minimum Gasteiger partial charge on any atom is -0.469 e. The van der Waals surface area contributed by atoms with Gasteiger partial charge in [-0.2, -0.15) is 0 Å². The van der Waals surface area contributed by atoms with Gasteiger partial charge in [0, 0.05) is 5.69 Å². The van der Waals surface area contributed by atoms with Gasteiger partial charge in [0.05, 0.1) is 28.8 Å². The number of esters is 1. The molecule has 1 unspecified atom stereocenters. The predicted molar refractivity (Wildman–Crippen MR) is 100 cm³/mol. The fraction of sp³-hybridized carbons (Fsp3) is 0.263. The fourth-order valence-corrected chi connectivity index (χ4v) is 3.48. The molecule has 0 fully saturated rings. The fourth-order valence-electron chi connectivity index (χ4n) is 2.59. The van der Waals surface area contributed by atoms with Gasteiger partial charge in [0.1, 0.15) is 0 Å². The molecule has 6 heteroatoms. The second kappa shape index (κ2) is 6.82. The van der Waals surface area contributed by atoms with Crippen LogP contribution < -0.4 is 5.32 Å². The molecule has 2 N–H and O–H groups in total. The number of anilines is 2. The number of aliphatic hydroxyl groups is 1. The Balaban J connectivity index is 1.76. The molecule has 0 aliphatic heterocycles. The van der Waals surface area contributed by atoms with Crippen molar-refractivity contribution in [1.82, 2.24) is 4.98 Å². The van der Waals surface area contributed by atoms with Gasteiger partial charge in [-0.3, -0.25) is 4.79 Å². The summed E-state index contributed by atoms with van der Waals surface area (Å²) in [6.45, 7) is 3.33. The highest BCUT2D eigenvalue weighted by Gasteiger charge is 2.37. The zero-order chi connectivity index (χ0) is 18.0. The highest BCUT2D eigenvalue weighted by atomic mass is 32.1. The lowest BCUT2D eigenvalue weighted by Crippen LogP contribution is -2.32. The van der Waals surface area contributed by atoms with Crippen LogP contribution in [0, 0.1) is 5.41 Å². The number of benzene rings is 2. The van der Waals surface area contributed by atoms with Crippen molar-refractivity contribution in [3.63, 3.8) is 0 Å². The lowest BCUT2D eigenvalue weighted by atomic mass is 9.82. The van der Waals surface area contributed by atoms with Crippen LogP contribution in [0.5, 0.6) is 0 Å². The van der Waals surface area contributed by atoms with E-state index in [4.69, 9.17) is 4.74 Å². The number of carbonyl (C=O) groups is 1. The number of rotatable bonds is 5. The number of aromatic nitrogens is 1. The molecule has 0 radical (unpaired) electrons. The van der Waals surface area contributed by atoms with Gasteiger partial charge in [-0.1, -0.05) is 35.6 Å². The summed E-state index contributed by atoms with van der Waals surface area (Å²) in [5.41, 5.74) is 1.47. The molecule has 0 saturated carbocycles. The molecule has 1 atom stereocenters. The Morgan fingerprint density at radius 3 is 2.52 bits per heavy atom. The summed E-state index contributed by atoms with van der Waals surface area (Å²) in [6, 6.07) is 15.3. The molecule has 0 bridgehead atoms. The third-order valence-electron chi connectivity index (χ3n) is 4.17. The normalized spacial score (nSPS) is 12.8. The van der Waals surface area contributed by atoms with Gasteiger partial charge in [-0.05, 0) is 43.7 Å². The number of thiazole rings is 1. The molecule has 1 aromatic heterocycles. The van der Waals surface area contributed by atoms with Crippen molar-refractivity contribution in [3.8, 4) is 0 Å². The summed E-state index contributed by atoms with van der Waals surface area (Å²) in [5, 5.41) is 14.6. The molecule has 130 valence electrons. The van der Waals surface area contributed by atoms with Gasteiger partial charge in [0.2, 0.25) is 0 Å². The van der Waals surface area contributed by atoms with Crippen LogP contribution in [0.1, 0.15) is 25.5 Å². The number of carbonyl (C=O) groups excluding carboxylic acids is 1. The molecule has 0 spiro atoms. The van der Waals surface area contributed by atoms with E-state index in [1.54, 1.807) is 37.3 Å². The van der Waals surface area contributed by atoms with E-state index in [0.717, 1.165) is 21.0 Å². The van der Waals surface area contributed by atoms with Crippen LogP contribution in [0.3, 0.4) is 0 Å². The number of fused-ring (bicyclic) bond motifs is 1. The standard InChI is InChI=1S/C19H20N2O3S/c1-19(2,17(23)24-3)16(22)12-8-10-13(11-9-12)20-18-21-14-6-4-5-7-15(14)25-18/h4-11,16,22H,1-3H3,(H,20,21). The Labute approximate surface area is 150 Å². The molecule has 0 aliphatic rings. The lowest BCUT2D eigenvalue weighted by Gasteiger charge is -2.27. The predicted octanol–water partition coefficient (Wildman–Crippen LogP) is 4.27. The summed E-state index contributed by atoms with van der Waals surface area (Å²) >= 11 is 1.58. The Morgan fingerprint density at radius 2 is 1.88 bits per heavy atom. The van der Waals surface area contributed by atoms with Gasteiger partial charge in [-0.25, -0.2) is 4.98 Å². The van der Waals surface area contributed by atoms with Crippen molar-refractivity contribution in [1.29, 1.82) is 0 Å². The summed E-state index contributed by atoms with van der Waals surface area (Å²) in [6.07, 6.45) is -0.948. The van der Waals surface area contributed by atoms with Crippen molar-refractivity contribution >= 4 is 38.3 Å². The molecular weight excluding hydrogens is 336 g/mol. The minimum atomic E-state index is -1.02. The number of ether oxygens (including phenoxy) is 1. The van der Waals surface area contributed by atoms with Crippen molar-refractivity contribution in [2.75, 3.05) is 12.4 Å². The highest BCUT2D eigenvalue weighted by molar-refractivity contribution is 7.22. The number of nitrogens with zero attached hydrogens (tertiary/aromatic N) is 1. The molecular formula is C19H20N2O3S. The molecule has 25 heavy (non-hydrogen) atoms. The van der Waals surface area contributed by atoms with Crippen LogP contribution in [-0.2, 0) is 9.53 Å². The number of para-hydroxylation sites is 1. The monoisotopic (exact) mass is 356 g/mol. The van der Waals surface area contributed by atoms with E-state index in [1.807, 2.05) is 36.4 Å². The van der Waals surface area contributed by atoms with Gasteiger partial charge in [-0.15, -0.1) is 0 Å². The number of aliphatic hydroxyl groups excluding tert-OH is 1. The maximum atomic E-state index is 11.8. The van der Waals surface area contributed by atoms with Gasteiger partial charge >= 0.3 is 5.97 Å². The smallest absolute Gasteiger partial charge is 0.314 e. The summed E-state index contributed by atoms with van der Waals surface area (Å²) in [4.78, 5) is 16.4. The van der Waals surface area contributed by atoms with Gasteiger partial charge in [0.25, 0.3) is 0 Å². The highest BCUT2D eigenvalue weighted by Crippen LogP contribution is 2.35. The Kier molecular flexibility index (Phi) is 4.74. The minimum absolute atomic E-state index is 0.448.